The summed E-state index contributed by atoms with van der Waals surface area (Å²) in [7, 11) is 0. The van der Waals surface area contributed by atoms with Gasteiger partial charge in [-0.15, -0.1) is 0 Å². The summed E-state index contributed by atoms with van der Waals surface area (Å²) in [6, 6.07) is 8.63. The third-order valence-corrected chi connectivity index (χ3v) is 2.75. The Bertz CT molecular complexity index is 328. The van der Waals surface area contributed by atoms with Crippen molar-refractivity contribution >= 4 is 5.78 Å². The minimum atomic E-state index is 0.392. The molecule has 0 radical (unpaired) electrons. The minimum Gasteiger partial charge on any atom is -0.300 e. The van der Waals surface area contributed by atoms with Gasteiger partial charge in [0, 0.05) is 12.8 Å². The summed E-state index contributed by atoms with van der Waals surface area (Å²) in [5.74, 6) is 0.392. The Kier molecular flexibility index (Phi) is 5.84. The molecule has 0 N–H and O–H groups in total. The fourth-order valence-corrected chi connectivity index (χ4v) is 1.92. The van der Waals surface area contributed by atoms with E-state index < -0.39 is 0 Å². The first kappa shape index (κ1) is 13.0. The summed E-state index contributed by atoms with van der Waals surface area (Å²) >= 11 is 0. The van der Waals surface area contributed by atoms with Crippen molar-refractivity contribution in [1.29, 1.82) is 0 Å². The van der Waals surface area contributed by atoms with E-state index in [9.17, 15) is 4.79 Å². The number of aryl methyl sites for hydroxylation is 2. The lowest BCUT2D eigenvalue weighted by Gasteiger charge is -2.04. The number of Topliss-reactive ketones (excluding diaryl/α,β-unsaturated/α-hetero) is 1. The molecule has 1 rings (SSSR count). The summed E-state index contributed by atoms with van der Waals surface area (Å²) < 4.78 is 0. The molecule has 0 amide bonds. The van der Waals surface area contributed by atoms with Crippen molar-refractivity contribution in [2.75, 3.05) is 0 Å². The van der Waals surface area contributed by atoms with E-state index in [-0.39, 0.29) is 0 Å². The molecule has 0 aliphatic heterocycles. The maximum absolute atomic E-state index is 11.4. The van der Waals surface area contributed by atoms with Crippen molar-refractivity contribution in [2.24, 2.45) is 0 Å². The van der Waals surface area contributed by atoms with Gasteiger partial charge in [0.2, 0.25) is 0 Å². The van der Waals surface area contributed by atoms with Gasteiger partial charge in [0.1, 0.15) is 5.78 Å². The van der Waals surface area contributed by atoms with Gasteiger partial charge in [0.25, 0.3) is 0 Å². The number of hydrogen-bond donors (Lipinski definition) is 0. The maximum atomic E-state index is 11.4. The molecule has 16 heavy (non-hydrogen) atoms. The molecule has 0 aromatic heterocycles. The van der Waals surface area contributed by atoms with Crippen LogP contribution in [0.5, 0.6) is 0 Å². The molecular formula is C15H22O. The summed E-state index contributed by atoms with van der Waals surface area (Å²) in [5.41, 5.74) is 2.69. The van der Waals surface area contributed by atoms with Crippen LogP contribution in [0.25, 0.3) is 0 Å². The molecule has 0 fully saturated rings. The fraction of sp³-hybridized carbons (Fsp3) is 0.533. The van der Waals surface area contributed by atoms with Gasteiger partial charge in [0.15, 0.2) is 0 Å². The SMILES string of the molecule is CCCC(=O)CCc1cccc(CCC)c1. The van der Waals surface area contributed by atoms with Crippen LogP contribution in [-0.2, 0) is 17.6 Å². The molecule has 0 heterocycles. The summed E-state index contributed by atoms with van der Waals surface area (Å²) in [5, 5.41) is 0. The van der Waals surface area contributed by atoms with Gasteiger partial charge in [-0.25, -0.2) is 0 Å². The molecule has 88 valence electrons. The van der Waals surface area contributed by atoms with Crippen LogP contribution < -0.4 is 0 Å². The van der Waals surface area contributed by atoms with E-state index in [1.165, 1.54) is 17.5 Å². The van der Waals surface area contributed by atoms with Crippen LogP contribution in [0.15, 0.2) is 24.3 Å². The average molecular weight is 218 g/mol. The number of carbonyl (C=O) groups is 1. The van der Waals surface area contributed by atoms with Crippen LogP contribution in [0.2, 0.25) is 0 Å². The first-order valence-corrected chi connectivity index (χ1v) is 6.35. The molecule has 0 aliphatic rings. The molecule has 1 aromatic rings. The lowest BCUT2D eigenvalue weighted by molar-refractivity contribution is -0.119. The van der Waals surface area contributed by atoms with Gasteiger partial charge in [0.05, 0.1) is 0 Å². The Balaban J connectivity index is 2.47. The fourth-order valence-electron chi connectivity index (χ4n) is 1.92. The molecule has 0 spiro atoms. The van der Waals surface area contributed by atoms with E-state index >= 15 is 0 Å². The van der Waals surface area contributed by atoms with Crippen LogP contribution in [0.4, 0.5) is 0 Å². The quantitative estimate of drug-likeness (QED) is 0.677. The Labute approximate surface area is 98.9 Å². The first-order chi connectivity index (χ1) is 7.76. The van der Waals surface area contributed by atoms with Crippen molar-refractivity contribution in [3.05, 3.63) is 35.4 Å². The van der Waals surface area contributed by atoms with E-state index in [4.69, 9.17) is 0 Å². The number of benzene rings is 1. The zero-order valence-corrected chi connectivity index (χ0v) is 10.5. The second-order valence-electron chi connectivity index (χ2n) is 4.36. The Morgan fingerprint density at radius 2 is 1.69 bits per heavy atom. The Morgan fingerprint density at radius 1 is 1.00 bits per heavy atom. The predicted molar refractivity (Wildman–Crippen MR) is 68.7 cm³/mol. The van der Waals surface area contributed by atoms with E-state index in [0.717, 1.165) is 25.7 Å². The molecule has 0 saturated carbocycles. The average Bonchev–Trinajstić information content (AvgIpc) is 2.28. The van der Waals surface area contributed by atoms with Crippen molar-refractivity contribution < 1.29 is 4.79 Å². The Morgan fingerprint density at radius 3 is 2.31 bits per heavy atom. The first-order valence-electron chi connectivity index (χ1n) is 6.35. The van der Waals surface area contributed by atoms with Crippen LogP contribution in [-0.4, -0.2) is 5.78 Å². The molecule has 0 atom stereocenters. The zero-order chi connectivity index (χ0) is 11.8. The smallest absolute Gasteiger partial charge is 0.133 e. The highest BCUT2D eigenvalue weighted by molar-refractivity contribution is 5.78. The van der Waals surface area contributed by atoms with Gasteiger partial charge in [-0.05, 0) is 30.4 Å². The highest BCUT2D eigenvalue weighted by Crippen LogP contribution is 2.10. The van der Waals surface area contributed by atoms with E-state index in [1.54, 1.807) is 0 Å². The maximum Gasteiger partial charge on any atom is 0.133 e. The number of rotatable bonds is 7. The monoisotopic (exact) mass is 218 g/mol. The van der Waals surface area contributed by atoms with Crippen LogP contribution in [0.1, 0.15) is 50.7 Å². The predicted octanol–water partition coefficient (Wildman–Crippen LogP) is 3.94. The van der Waals surface area contributed by atoms with Crippen molar-refractivity contribution in [3.63, 3.8) is 0 Å². The number of carbonyl (C=O) groups excluding carboxylic acids is 1. The van der Waals surface area contributed by atoms with Crippen LogP contribution >= 0.6 is 0 Å². The molecule has 0 bridgehead atoms. The van der Waals surface area contributed by atoms with Crippen LogP contribution in [0, 0.1) is 0 Å². The van der Waals surface area contributed by atoms with Gasteiger partial charge in [-0.1, -0.05) is 44.5 Å². The van der Waals surface area contributed by atoms with E-state index in [0.29, 0.717) is 12.2 Å². The lowest BCUT2D eigenvalue weighted by atomic mass is 10.0. The third kappa shape index (κ3) is 4.61. The number of ketones is 1. The van der Waals surface area contributed by atoms with Crippen molar-refractivity contribution in [2.45, 2.75) is 52.4 Å². The highest BCUT2D eigenvalue weighted by atomic mass is 16.1. The molecular weight excluding hydrogens is 196 g/mol. The second-order valence-corrected chi connectivity index (χ2v) is 4.36. The highest BCUT2D eigenvalue weighted by Gasteiger charge is 2.01. The standard InChI is InChI=1S/C15H22O/c1-3-6-13-8-5-9-14(12-13)10-11-15(16)7-4-2/h5,8-9,12H,3-4,6-7,10-11H2,1-2H3. The van der Waals surface area contributed by atoms with Crippen LogP contribution in [0.3, 0.4) is 0 Å². The van der Waals surface area contributed by atoms with E-state index in [2.05, 4.69) is 38.1 Å². The molecule has 0 aliphatic carbocycles. The van der Waals surface area contributed by atoms with Gasteiger partial charge < -0.3 is 0 Å². The summed E-state index contributed by atoms with van der Waals surface area (Å²) in [6.45, 7) is 4.25. The molecule has 0 unspecified atom stereocenters. The third-order valence-electron chi connectivity index (χ3n) is 2.75. The molecule has 1 heteroatoms. The van der Waals surface area contributed by atoms with Crippen molar-refractivity contribution in [1.82, 2.24) is 0 Å². The van der Waals surface area contributed by atoms with Gasteiger partial charge in [-0.3, -0.25) is 4.79 Å². The van der Waals surface area contributed by atoms with Gasteiger partial charge >= 0.3 is 0 Å². The largest absolute Gasteiger partial charge is 0.300 e. The summed E-state index contributed by atoms with van der Waals surface area (Å²) in [6.07, 6.45) is 5.61. The van der Waals surface area contributed by atoms with E-state index in [1.807, 2.05) is 0 Å². The topological polar surface area (TPSA) is 17.1 Å². The van der Waals surface area contributed by atoms with Crippen molar-refractivity contribution in [3.8, 4) is 0 Å². The summed E-state index contributed by atoms with van der Waals surface area (Å²) in [4.78, 5) is 11.4. The minimum absolute atomic E-state index is 0.392. The lowest BCUT2D eigenvalue weighted by Crippen LogP contribution is -1.99. The van der Waals surface area contributed by atoms with Gasteiger partial charge in [-0.2, -0.15) is 0 Å². The molecule has 1 aromatic carbocycles. The molecule has 0 saturated heterocycles. The molecule has 1 nitrogen and oxygen atoms in total. The number of hydrogen-bond acceptors (Lipinski definition) is 1. The zero-order valence-electron chi connectivity index (χ0n) is 10.5. The second kappa shape index (κ2) is 7.21. The normalized spacial score (nSPS) is 10.4. The Hall–Kier alpha value is -1.11.